The SMILES string of the molecule is CCCNCc1nnnn1-c1ccc(Cl)cc1Cl. The summed E-state index contributed by atoms with van der Waals surface area (Å²) in [5.74, 6) is 0.715. The fourth-order valence-corrected chi connectivity index (χ4v) is 2.02. The lowest BCUT2D eigenvalue weighted by atomic mass is 10.3. The molecule has 0 aliphatic carbocycles. The number of halogens is 2. The number of hydrogen-bond donors (Lipinski definition) is 1. The summed E-state index contributed by atoms with van der Waals surface area (Å²) in [5.41, 5.74) is 0.722. The maximum atomic E-state index is 6.13. The van der Waals surface area contributed by atoms with Crippen LogP contribution < -0.4 is 5.32 Å². The summed E-state index contributed by atoms with van der Waals surface area (Å²) in [6, 6.07) is 5.22. The molecule has 2 rings (SSSR count). The van der Waals surface area contributed by atoms with Crippen molar-refractivity contribution in [3.05, 3.63) is 34.1 Å². The van der Waals surface area contributed by atoms with Gasteiger partial charge in [-0.2, -0.15) is 4.68 Å². The second-order valence-electron chi connectivity index (χ2n) is 3.78. The van der Waals surface area contributed by atoms with Gasteiger partial charge in [-0.15, -0.1) is 5.10 Å². The third-order valence-electron chi connectivity index (χ3n) is 2.38. The minimum Gasteiger partial charge on any atom is -0.310 e. The lowest BCUT2D eigenvalue weighted by Gasteiger charge is -2.07. The van der Waals surface area contributed by atoms with Gasteiger partial charge in [-0.1, -0.05) is 30.1 Å². The molecule has 0 unspecified atom stereocenters. The maximum Gasteiger partial charge on any atom is 0.170 e. The second-order valence-corrected chi connectivity index (χ2v) is 4.62. The van der Waals surface area contributed by atoms with E-state index in [0.29, 0.717) is 22.4 Å². The summed E-state index contributed by atoms with van der Waals surface area (Å²) in [6.07, 6.45) is 1.06. The summed E-state index contributed by atoms with van der Waals surface area (Å²) in [5, 5.41) is 15.9. The first-order chi connectivity index (χ1) is 8.72. The Balaban J connectivity index is 2.25. The predicted octanol–water partition coefficient (Wildman–Crippen LogP) is 2.47. The van der Waals surface area contributed by atoms with E-state index >= 15 is 0 Å². The molecule has 1 aromatic carbocycles. The molecule has 0 atom stereocenters. The predicted molar refractivity (Wildman–Crippen MR) is 71.2 cm³/mol. The molecule has 1 aromatic heterocycles. The van der Waals surface area contributed by atoms with Crippen LogP contribution in [-0.4, -0.2) is 26.8 Å². The Bertz CT molecular complexity index is 526. The topological polar surface area (TPSA) is 55.6 Å². The number of nitrogens with one attached hydrogen (secondary N) is 1. The molecule has 0 aliphatic rings. The van der Waals surface area contributed by atoms with Crippen molar-refractivity contribution in [2.75, 3.05) is 6.54 Å². The Morgan fingerprint density at radius 1 is 1.33 bits per heavy atom. The Morgan fingerprint density at radius 2 is 2.17 bits per heavy atom. The molecule has 96 valence electrons. The summed E-state index contributed by atoms with van der Waals surface area (Å²) in [4.78, 5) is 0. The van der Waals surface area contributed by atoms with Gasteiger partial charge in [0.15, 0.2) is 5.82 Å². The zero-order valence-electron chi connectivity index (χ0n) is 9.90. The summed E-state index contributed by atoms with van der Waals surface area (Å²) < 4.78 is 1.61. The van der Waals surface area contributed by atoms with Crippen LogP contribution in [0.5, 0.6) is 0 Å². The van der Waals surface area contributed by atoms with Crippen LogP contribution in [0.3, 0.4) is 0 Å². The van der Waals surface area contributed by atoms with Crippen LogP contribution in [0.15, 0.2) is 18.2 Å². The maximum absolute atomic E-state index is 6.13. The Hall–Kier alpha value is -1.17. The van der Waals surface area contributed by atoms with E-state index in [1.165, 1.54) is 0 Å². The van der Waals surface area contributed by atoms with E-state index in [-0.39, 0.29) is 0 Å². The monoisotopic (exact) mass is 285 g/mol. The van der Waals surface area contributed by atoms with Crippen molar-refractivity contribution >= 4 is 23.2 Å². The largest absolute Gasteiger partial charge is 0.310 e. The third kappa shape index (κ3) is 2.98. The highest BCUT2D eigenvalue weighted by Crippen LogP contribution is 2.24. The molecule has 0 saturated carbocycles. The van der Waals surface area contributed by atoms with Gasteiger partial charge in [0, 0.05) is 5.02 Å². The number of benzene rings is 1. The molecule has 7 heteroatoms. The van der Waals surface area contributed by atoms with Gasteiger partial charge in [0.1, 0.15) is 0 Å². The van der Waals surface area contributed by atoms with E-state index in [1.54, 1.807) is 22.9 Å². The quantitative estimate of drug-likeness (QED) is 0.858. The van der Waals surface area contributed by atoms with Crippen LogP contribution in [0.1, 0.15) is 19.2 Å². The summed E-state index contributed by atoms with van der Waals surface area (Å²) in [6.45, 7) is 3.62. The zero-order valence-corrected chi connectivity index (χ0v) is 11.4. The van der Waals surface area contributed by atoms with Gasteiger partial charge in [-0.05, 0) is 41.6 Å². The van der Waals surface area contributed by atoms with Crippen LogP contribution in [0.4, 0.5) is 0 Å². The molecule has 0 radical (unpaired) electrons. The smallest absolute Gasteiger partial charge is 0.170 e. The van der Waals surface area contributed by atoms with Gasteiger partial charge in [0.05, 0.1) is 17.3 Å². The average Bonchev–Trinajstić information content (AvgIpc) is 2.78. The highest BCUT2D eigenvalue weighted by Gasteiger charge is 2.11. The molecule has 0 spiro atoms. The third-order valence-corrected chi connectivity index (χ3v) is 2.92. The lowest BCUT2D eigenvalue weighted by molar-refractivity contribution is 0.633. The van der Waals surface area contributed by atoms with Crippen molar-refractivity contribution in [1.29, 1.82) is 0 Å². The Kier molecular flexibility index (Phi) is 4.52. The fraction of sp³-hybridized carbons (Fsp3) is 0.364. The summed E-state index contributed by atoms with van der Waals surface area (Å²) >= 11 is 12.0. The van der Waals surface area contributed by atoms with Gasteiger partial charge in [-0.3, -0.25) is 0 Å². The molecular weight excluding hydrogens is 273 g/mol. The van der Waals surface area contributed by atoms with Crippen LogP contribution in [0.25, 0.3) is 5.69 Å². The normalized spacial score (nSPS) is 10.8. The first-order valence-electron chi connectivity index (χ1n) is 5.65. The molecule has 0 amide bonds. The Morgan fingerprint density at radius 3 is 2.89 bits per heavy atom. The van der Waals surface area contributed by atoms with Crippen LogP contribution in [0, 0.1) is 0 Å². The highest BCUT2D eigenvalue weighted by molar-refractivity contribution is 6.35. The second kappa shape index (κ2) is 6.13. The lowest BCUT2D eigenvalue weighted by Crippen LogP contribution is -2.17. The van der Waals surface area contributed by atoms with Gasteiger partial charge < -0.3 is 5.32 Å². The highest BCUT2D eigenvalue weighted by atomic mass is 35.5. The first kappa shape index (κ1) is 13.3. The van der Waals surface area contributed by atoms with E-state index in [4.69, 9.17) is 23.2 Å². The molecule has 0 bridgehead atoms. The van der Waals surface area contributed by atoms with Crippen molar-refractivity contribution in [1.82, 2.24) is 25.5 Å². The number of tetrazole rings is 1. The minimum atomic E-state index is 0.520. The zero-order chi connectivity index (χ0) is 13.0. The van der Waals surface area contributed by atoms with Crippen LogP contribution >= 0.6 is 23.2 Å². The van der Waals surface area contributed by atoms with Crippen LogP contribution in [-0.2, 0) is 6.54 Å². The molecule has 0 fully saturated rings. The molecular formula is C11H13Cl2N5. The van der Waals surface area contributed by atoms with E-state index in [0.717, 1.165) is 18.7 Å². The number of aromatic nitrogens is 4. The van der Waals surface area contributed by atoms with Crippen molar-refractivity contribution in [2.24, 2.45) is 0 Å². The van der Waals surface area contributed by atoms with Gasteiger partial charge in [-0.25, -0.2) is 0 Å². The molecule has 1 N–H and O–H groups in total. The molecule has 1 heterocycles. The van der Waals surface area contributed by atoms with Gasteiger partial charge in [0.25, 0.3) is 0 Å². The summed E-state index contributed by atoms with van der Waals surface area (Å²) in [7, 11) is 0. The van der Waals surface area contributed by atoms with Gasteiger partial charge >= 0.3 is 0 Å². The van der Waals surface area contributed by atoms with Crippen molar-refractivity contribution in [3.63, 3.8) is 0 Å². The van der Waals surface area contributed by atoms with Gasteiger partial charge in [0.2, 0.25) is 0 Å². The van der Waals surface area contributed by atoms with E-state index in [9.17, 15) is 0 Å². The number of rotatable bonds is 5. The van der Waals surface area contributed by atoms with Crippen molar-refractivity contribution in [3.8, 4) is 5.69 Å². The molecule has 0 saturated heterocycles. The number of hydrogen-bond acceptors (Lipinski definition) is 4. The van der Waals surface area contributed by atoms with E-state index < -0.39 is 0 Å². The van der Waals surface area contributed by atoms with Crippen LogP contribution in [0.2, 0.25) is 10.0 Å². The minimum absolute atomic E-state index is 0.520. The van der Waals surface area contributed by atoms with E-state index in [1.807, 2.05) is 0 Å². The number of nitrogens with zero attached hydrogens (tertiary/aromatic N) is 4. The molecule has 0 aliphatic heterocycles. The van der Waals surface area contributed by atoms with Crippen molar-refractivity contribution in [2.45, 2.75) is 19.9 Å². The molecule has 2 aromatic rings. The average molecular weight is 286 g/mol. The Labute approximate surface area is 115 Å². The van der Waals surface area contributed by atoms with Crippen molar-refractivity contribution < 1.29 is 0 Å². The molecule has 5 nitrogen and oxygen atoms in total. The van der Waals surface area contributed by atoms with E-state index in [2.05, 4.69) is 27.8 Å². The first-order valence-corrected chi connectivity index (χ1v) is 6.41. The standard InChI is InChI=1S/C11H13Cl2N5/c1-2-5-14-7-11-15-16-17-18(11)10-4-3-8(12)6-9(10)13/h3-4,6,14H,2,5,7H2,1H3. The fourth-order valence-electron chi connectivity index (χ4n) is 1.53. The molecule has 18 heavy (non-hydrogen) atoms.